The zero-order chi connectivity index (χ0) is 23.0. The Balaban J connectivity index is 1.20. The largest absolute Gasteiger partial charge is 0.450 e. The molecule has 178 valence electrons. The highest BCUT2D eigenvalue weighted by molar-refractivity contribution is 5.72. The first-order chi connectivity index (χ1) is 16.0. The molecule has 1 spiro atoms. The second-order valence-electron chi connectivity index (χ2n) is 9.55. The lowest BCUT2D eigenvalue weighted by molar-refractivity contribution is -0.00294. The first-order valence-electron chi connectivity index (χ1n) is 12.1. The summed E-state index contributed by atoms with van der Waals surface area (Å²) in [5, 5.41) is 4.58. The summed E-state index contributed by atoms with van der Waals surface area (Å²) in [4.78, 5) is 23.0. The van der Waals surface area contributed by atoms with Crippen molar-refractivity contribution in [1.82, 2.24) is 24.6 Å². The number of hydrogen-bond donors (Lipinski definition) is 0. The number of halogens is 1. The van der Waals surface area contributed by atoms with Gasteiger partial charge in [0, 0.05) is 69.5 Å². The summed E-state index contributed by atoms with van der Waals surface area (Å²) < 4.78 is 21.1. The summed E-state index contributed by atoms with van der Waals surface area (Å²) in [5.74, 6) is -0.319. The molecule has 0 bridgehead atoms. The average Bonchev–Trinajstić information content (AvgIpc) is 3.46. The molecule has 2 aromatic heterocycles. The molecule has 2 aliphatic heterocycles. The number of aromatic nitrogens is 3. The number of pyridine rings is 1. The zero-order valence-electron chi connectivity index (χ0n) is 19.5. The van der Waals surface area contributed by atoms with Crippen LogP contribution in [0.1, 0.15) is 33.1 Å². The maximum atomic E-state index is 14.1. The summed E-state index contributed by atoms with van der Waals surface area (Å²) in [6.07, 6.45) is 6.52. The van der Waals surface area contributed by atoms with Crippen molar-refractivity contribution in [3.63, 3.8) is 0 Å². The van der Waals surface area contributed by atoms with Crippen molar-refractivity contribution in [1.29, 1.82) is 0 Å². The van der Waals surface area contributed by atoms with Gasteiger partial charge in [0.1, 0.15) is 17.2 Å². The highest BCUT2D eigenvalue weighted by Gasteiger charge is 2.51. The fraction of sp³-hybridized carbons (Fsp3) is 0.625. The molecule has 1 atom stereocenters. The van der Waals surface area contributed by atoms with Gasteiger partial charge in [0.2, 0.25) is 0 Å². The van der Waals surface area contributed by atoms with E-state index in [4.69, 9.17) is 4.74 Å². The molecule has 3 aliphatic rings. The number of nitrogens with zero attached hydrogens (tertiary/aromatic N) is 6. The summed E-state index contributed by atoms with van der Waals surface area (Å²) in [7, 11) is 0. The molecule has 4 heterocycles. The second kappa shape index (κ2) is 8.93. The third kappa shape index (κ3) is 4.30. The lowest BCUT2D eigenvalue weighted by atomic mass is 9.78. The number of rotatable bonds is 5. The molecular formula is C24H33FN6O2. The van der Waals surface area contributed by atoms with Crippen LogP contribution >= 0.6 is 0 Å². The molecule has 5 rings (SSSR count). The fourth-order valence-electron chi connectivity index (χ4n) is 5.74. The van der Waals surface area contributed by atoms with Crippen LogP contribution in [0.25, 0.3) is 11.4 Å². The van der Waals surface area contributed by atoms with Gasteiger partial charge in [-0.15, -0.1) is 0 Å². The van der Waals surface area contributed by atoms with Crippen LogP contribution in [0.5, 0.6) is 0 Å². The van der Waals surface area contributed by atoms with E-state index in [1.807, 2.05) is 35.7 Å². The maximum Gasteiger partial charge on any atom is 0.409 e. The first-order valence-corrected chi connectivity index (χ1v) is 12.1. The predicted molar refractivity (Wildman–Crippen MR) is 124 cm³/mol. The van der Waals surface area contributed by atoms with Crippen LogP contribution in [0.4, 0.5) is 14.9 Å². The first kappa shape index (κ1) is 22.1. The van der Waals surface area contributed by atoms with Gasteiger partial charge in [-0.05, 0) is 39.2 Å². The van der Waals surface area contributed by atoms with Crippen molar-refractivity contribution in [2.45, 2.75) is 45.7 Å². The Morgan fingerprint density at radius 1 is 1.24 bits per heavy atom. The predicted octanol–water partition coefficient (Wildman–Crippen LogP) is 3.24. The molecule has 2 aromatic rings. The van der Waals surface area contributed by atoms with Crippen molar-refractivity contribution >= 4 is 11.8 Å². The minimum atomic E-state index is -0.319. The number of ether oxygens (including phenoxy) is 1. The van der Waals surface area contributed by atoms with Crippen LogP contribution in [0.2, 0.25) is 0 Å². The Bertz CT molecular complexity index is 997. The van der Waals surface area contributed by atoms with Crippen LogP contribution in [0.3, 0.4) is 0 Å². The number of carbonyl (C=O) groups is 1. The van der Waals surface area contributed by atoms with Gasteiger partial charge in [0.25, 0.3) is 0 Å². The number of likely N-dealkylation sites (tertiary alicyclic amines) is 1. The molecule has 0 N–H and O–H groups in total. The Labute approximate surface area is 194 Å². The molecule has 1 saturated carbocycles. The summed E-state index contributed by atoms with van der Waals surface area (Å²) in [6.45, 7) is 10.3. The van der Waals surface area contributed by atoms with Crippen LogP contribution < -0.4 is 4.90 Å². The normalized spacial score (nSPS) is 22.6. The molecule has 0 radical (unpaired) electrons. The highest BCUT2D eigenvalue weighted by atomic mass is 19.1. The quantitative estimate of drug-likeness (QED) is 0.688. The van der Waals surface area contributed by atoms with Gasteiger partial charge in [0.05, 0.1) is 18.5 Å². The molecule has 3 fully saturated rings. The summed E-state index contributed by atoms with van der Waals surface area (Å²) in [6, 6.07) is 4.09. The number of hydrogen-bond acceptors (Lipinski definition) is 6. The van der Waals surface area contributed by atoms with Gasteiger partial charge in [-0.2, -0.15) is 5.10 Å². The van der Waals surface area contributed by atoms with E-state index in [9.17, 15) is 9.18 Å². The molecule has 2 saturated heterocycles. The summed E-state index contributed by atoms with van der Waals surface area (Å²) in [5.41, 5.74) is 2.61. The molecule has 0 aromatic carbocycles. The second-order valence-corrected chi connectivity index (χ2v) is 9.55. The van der Waals surface area contributed by atoms with Crippen molar-refractivity contribution in [3.05, 3.63) is 30.3 Å². The number of amides is 1. The van der Waals surface area contributed by atoms with Gasteiger partial charge in [-0.25, -0.2) is 14.2 Å². The van der Waals surface area contributed by atoms with E-state index in [1.165, 1.54) is 19.0 Å². The Morgan fingerprint density at radius 2 is 2.03 bits per heavy atom. The van der Waals surface area contributed by atoms with Crippen molar-refractivity contribution in [2.75, 3.05) is 50.8 Å². The fourth-order valence-corrected chi connectivity index (χ4v) is 5.74. The Hall–Kier alpha value is -2.68. The molecule has 9 heteroatoms. The Kier molecular flexibility index (Phi) is 5.99. The monoisotopic (exact) mass is 456 g/mol. The van der Waals surface area contributed by atoms with Gasteiger partial charge >= 0.3 is 6.09 Å². The molecule has 1 amide bonds. The molecule has 33 heavy (non-hydrogen) atoms. The van der Waals surface area contributed by atoms with Crippen LogP contribution in [0.15, 0.2) is 24.5 Å². The zero-order valence-corrected chi connectivity index (χ0v) is 19.5. The van der Waals surface area contributed by atoms with Crippen molar-refractivity contribution in [2.24, 2.45) is 5.41 Å². The number of piperazine rings is 1. The average molecular weight is 457 g/mol. The van der Waals surface area contributed by atoms with E-state index < -0.39 is 0 Å². The standard InChI is InChI=1S/C24H33FN6O2/c1-3-31-8-6-20(27-31)22-21(13-18(25)15-26-22)29-11-9-28(10-12-29)19-5-7-24(14-19)16-30(17-24)23(32)33-4-2/h6,8,13,15,19H,3-5,7,9-12,14,16-17H2,1-2H3/t19-/m1/s1. The molecule has 1 aliphatic carbocycles. The van der Waals surface area contributed by atoms with E-state index >= 15 is 0 Å². The van der Waals surface area contributed by atoms with Crippen molar-refractivity contribution in [3.8, 4) is 11.4 Å². The minimum Gasteiger partial charge on any atom is -0.450 e. The molecule has 0 unspecified atom stereocenters. The molecule has 8 nitrogen and oxygen atoms in total. The number of anilines is 1. The highest BCUT2D eigenvalue weighted by Crippen LogP contribution is 2.47. The van der Waals surface area contributed by atoms with E-state index in [0.717, 1.165) is 69.3 Å². The van der Waals surface area contributed by atoms with E-state index in [0.29, 0.717) is 12.6 Å². The van der Waals surface area contributed by atoms with Gasteiger partial charge in [-0.1, -0.05) is 0 Å². The Morgan fingerprint density at radius 3 is 2.73 bits per heavy atom. The third-order valence-corrected chi connectivity index (χ3v) is 7.47. The SMILES string of the molecule is CCOC(=O)N1CC2(CC[C@@H](N3CCN(c4cc(F)cnc4-c4ccn(CC)n4)CC3)C2)C1. The van der Waals surface area contributed by atoms with Crippen LogP contribution in [-0.4, -0.2) is 82.6 Å². The van der Waals surface area contributed by atoms with Gasteiger partial charge in [-0.3, -0.25) is 9.58 Å². The number of carbonyl (C=O) groups excluding carboxylic acids is 1. The smallest absolute Gasteiger partial charge is 0.409 e. The third-order valence-electron chi connectivity index (χ3n) is 7.47. The van der Waals surface area contributed by atoms with Gasteiger partial charge < -0.3 is 14.5 Å². The van der Waals surface area contributed by atoms with E-state index in [2.05, 4.69) is 19.9 Å². The van der Waals surface area contributed by atoms with Crippen LogP contribution in [0, 0.1) is 11.2 Å². The number of aryl methyl sites for hydroxylation is 1. The maximum absolute atomic E-state index is 14.1. The molecular weight excluding hydrogens is 423 g/mol. The lowest BCUT2D eigenvalue weighted by Gasteiger charge is -2.48. The van der Waals surface area contributed by atoms with Crippen molar-refractivity contribution < 1.29 is 13.9 Å². The lowest BCUT2D eigenvalue weighted by Crippen LogP contribution is -2.58. The van der Waals surface area contributed by atoms with E-state index in [-0.39, 0.29) is 17.3 Å². The van der Waals surface area contributed by atoms with E-state index in [1.54, 1.807) is 6.07 Å². The van der Waals surface area contributed by atoms with Crippen LogP contribution in [-0.2, 0) is 11.3 Å². The topological polar surface area (TPSA) is 66.7 Å². The van der Waals surface area contributed by atoms with Gasteiger partial charge in [0.15, 0.2) is 0 Å². The summed E-state index contributed by atoms with van der Waals surface area (Å²) >= 11 is 0. The minimum absolute atomic E-state index is 0.177.